The van der Waals surface area contributed by atoms with E-state index in [0.717, 1.165) is 37.0 Å². The lowest BCUT2D eigenvalue weighted by Gasteiger charge is -2.27. The molecule has 9 nitrogen and oxygen atoms in total. The fourth-order valence-electron chi connectivity index (χ4n) is 4.19. The Hall–Kier alpha value is -3.67. The van der Waals surface area contributed by atoms with Crippen LogP contribution in [-0.4, -0.2) is 53.6 Å². The van der Waals surface area contributed by atoms with Gasteiger partial charge in [-0.25, -0.2) is 0 Å². The number of carbonyl (C=O) groups excluding carboxylic acids is 5. The van der Waals surface area contributed by atoms with Crippen LogP contribution in [0.15, 0.2) is 18.2 Å². The molecule has 180 valence electrons. The Labute approximate surface area is 199 Å². The zero-order valence-corrected chi connectivity index (χ0v) is 19.2. The second-order valence-electron chi connectivity index (χ2n) is 8.42. The van der Waals surface area contributed by atoms with Crippen molar-refractivity contribution in [3.8, 4) is 12.3 Å². The molecule has 0 aromatic heterocycles. The largest absolute Gasteiger partial charge is 0.384 e. The van der Waals surface area contributed by atoms with Crippen LogP contribution in [0, 0.1) is 12.3 Å². The highest BCUT2D eigenvalue weighted by atomic mass is 16.2. The number of terminal acetylenes is 1. The second-order valence-corrected chi connectivity index (χ2v) is 8.42. The van der Waals surface area contributed by atoms with E-state index in [1.807, 2.05) is 0 Å². The van der Waals surface area contributed by atoms with Crippen molar-refractivity contribution in [3.63, 3.8) is 0 Å². The highest BCUT2D eigenvalue weighted by molar-refractivity contribution is 6.25. The number of fused-ring (bicyclic) bond motifs is 1. The lowest BCUT2D eigenvalue weighted by molar-refractivity contribution is -0.136. The van der Waals surface area contributed by atoms with Gasteiger partial charge >= 0.3 is 0 Å². The summed E-state index contributed by atoms with van der Waals surface area (Å²) >= 11 is 0. The molecule has 5 amide bonds. The maximum atomic E-state index is 13.1. The van der Waals surface area contributed by atoms with Crippen LogP contribution >= 0.6 is 0 Å². The Bertz CT molecular complexity index is 1010. The molecule has 9 heteroatoms. The molecule has 34 heavy (non-hydrogen) atoms. The average molecular weight is 467 g/mol. The number of imide groups is 2. The summed E-state index contributed by atoms with van der Waals surface area (Å²) in [5.74, 6) is 0.464. The molecule has 3 N–H and O–H groups in total. The minimum absolute atomic E-state index is 0.0282. The first kappa shape index (κ1) is 25.0. The molecule has 0 aliphatic carbocycles. The van der Waals surface area contributed by atoms with Crippen LogP contribution in [0.1, 0.15) is 78.5 Å². The second kappa shape index (κ2) is 12.0. The third kappa shape index (κ3) is 6.01. The van der Waals surface area contributed by atoms with Crippen molar-refractivity contribution in [2.24, 2.45) is 0 Å². The zero-order valence-electron chi connectivity index (χ0n) is 19.2. The molecule has 0 bridgehead atoms. The summed E-state index contributed by atoms with van der Waals surface area (Å²) in [5, 5.41) is 8.23. The van der Waals surface area contributed by atoms with Gasteiger partial charge in [0.05, 0.1) is 11.1 Å². The molecular formula is C25H30N4O5. The average Bonchev–Trinajstić information content (AvgIpc) is 3.06. The number of hydrogen-bond acceptors (Lipinski definition) is 6. The Balaban J connectivity index is 1.44. The Morgan fingerprint density at radius 2 is 1.82 bits per heavy atom. The summed E-state index contributed by atoms with van der Waals surface area (Å²) in [6, 6.07) is 4.05. The van der Waals surface area contributed by atoms with Gasteiger partial charge in [-0.2, -0.15) is 0 Å². The van der Waals surface area contributed by atoms with E-state index in [-0.39, 0.29) is 29.9 Å². The van der Waals surface area contributed by atoms with Gasteiger partial charge in [0.25, 0.3) is 11.8 Å². The van der Waals surface area contributed by atoms with Gasteiger partial charge in [0.2, 0.25) is 17.7 Å². The van der Waals surface area contributed by atoms with Gasteiger partial charge in [0.1, 0.15) is 6.04 Å². The predicted octanol–water partition coefficient (Wildman–Crippen LogP) is 1.98. The van der Waals surface area contributed by atoms with Crippen LogP contribution in [0.5, 0.6) is 0 Å². The van der Waals surface area contributed by atoms with Crippen molar-refractivity contribution >= 4 is 35.2 Å². The van der Waals surface area contributed by atoms with E-state index < -0.39 is 29.7 Å². The Kier molecular flexibility index (Phi) is 8.79. The smallest absolute Gasteiger partial charge is 0.264 e. The summed E-state index contributed by atoms with van der Waals surface area (Å²) in [6.45, 7) is 1.15. The van der Waals surface area contributed by atoms with Crippen LogP contribution in [-0.2, 0) is 14.4 Å². The number of unbranched alkanes of at least 4 members (excludes halogenated alkanes) is 4. The van der Waals surface area contributed by atoms with Crippen molar-refractivity contribution in [1.29, 1.82) is 0 Å². The van der Waals surface area contributed by atoms with E-state index >= 15 is 0 Å². The molecule has 0 spiro atoms. The van der Waals surface area contributed by atoms with Gasteiger partial charge in [0, 0.05) is 38.0 Å². The molecule has 2 aliphatic rings. The standard InChI is InChI=1S/C25H30N4O5/c1-2-3-15-27-20(30)12-7-5-4-6-8-16-26-18-11-9-10-17-22(18)25(34)29(24(17)33)19-13-14-21(31)28-23(19)32/h1,9-11,19,26H,3-8,12-16H2,(H,27,30)(H,28,31,32). The molecule has 1 fully saturated rings. The molecule has 3 rings (SSSR count). The molecular weight excluding hydrogens is 436 g/mol. The molecule has 1 aromatic carbocycles. The molecule has 1 atom stereocenters. The van der Waals surface area contributed by atoms with Gasteiger partial charge < -0.3 is 10.6 Å². The van der Waals surface area contributed by atoms with Gasteiger partial charge in [-0.15, -0.1) is 12.3 Å². The van der Waals surface area contributed by atoms with Gasteiger partial charge in [-0.3, -0.25) is 34.2 Å². The van der Waals surface area contributed by atoms with Gasteiger partial charge in [0.15, 0.2) is 0 Å². The van der Waals surface area contributed by atoms with Crippen LogP contribution in [0.3, 0.4) is 0 Å². The number of amides is 5. The highest BCUT2D eigenvalue weighted by Crippen LogP contribution is 2.32. The van der Waals surface area contributed by atoms with Crippen molar-refractivity contribution in [1.82, 2.24) is 15.5 Å². The topological polar surface area (TPSA) is 125 Å². The first-order valence-corrected chi connectivity index (χ1v) is 11.7. The van der Waals surface area contributed by atoms with Crippen LogP contribution < -0.4 is 16.0 Å². The minimum Gasteiger partial charge on any atom is -0.384 e. The van der Waals surface area contributed by atoms with Crippen molar-refractivity contribution in [2.75, 3.05) is 18.4 Å². The van der Waals surface area contributed by atoms with E-state index in [0.29, 0.717) is 31.6 Å². The number of nitrogens with zero attached hydrogens (tertiary/aromatic N) is 1. The fourth-order valence-corrected chi connectivity index (χ4v) is 4.19. The number of nitrogens with one attached hydrogen (secondary N) is 3. The lowest BCUT2D eigenvalue weighted by Crippen LogP contribution is -2.54. The predicted molar refractivity (Wildman–Crippen MR) is 126 cm³/mol. The van der Waals surface area contributed by atoms with Gasteiger partial charge in [-0.05, 0) is 31.4 Å². The van der Waals surface area contributed by atoms with Crippen LogP contribution in [0.4, 0.5) is 5.69 Å². The molecule has 2 aliphatic heterocycles. The van der Waals surface area contributed by atoms with Crippen molar-refractivity contribution < 1.29 is 24.0 Å². The number of anilines is 1. The van der Waals surface area contributed by atoms with E-state index in [9.17, 15) is 24.0 Å². The zero-order chi connectivity index (χ0) is 24.5. The summed E-state index contributed by atoms with van der Waals surface area (Å²) in [4.78, 5) is 62.2. The molecule has 0 saturated carbocycles. The Morgan fingerprint density at radius 3 is 2.59 bits per heavy atom. The summed E-state index contributed by atoms with van der Waals surface area (Å²) in [6.07, 6.45) is 11.0. The van der Waals surface area contributed by atoms with E-state index in [1.165, 1.54) is 0 Å². The third-order valence-corrected chi connectivity index (χ3v) is 5.96. The quantitative estimate of drug-likeness (QED) is 0.246. The maximum Gasteiger partial charge on any atom is 0.264 e. The van der Waals surface area contributed by atoms with E-state index in [2.05, 4.69) is 21.9 Å². The maximum absolute atomic E-state index is 13.1. The molecule has 1 saturated heterocycles. The number of piperidine rings is 1. The van der Waals surface area contributed by atoms with Crippen molar-refractivity contribution in [3.05, 3.63) is 29.3 Å². The molecule has 1 aromatic rings. The van der Waals surface area contributed by atoms with E-state index in [1.54, 1.807) is 18.2 Å². The molecule has 2 heterocycles. The van der Waals surface area contributed by atoms with Gasteiger partial charge in [-0.1, -0.05) is 25.3 Å². The first-order chi connectivity index (χ1) is 16.4. The summed E-state index contributed by atoms with van der Waals surface area (Å²) in [5.41, 5.74) is 1.10. The minimum atomic E-state index is -0.975. The number of carbonyl (C=O) groups is 5. The summed E-state index contributed by atoms with van der Waals surface area (Å²) < 4.78 is 0. The number of rotatable bonds is 12. The Morgan fingerprint density at radius 1 is 1.06 bits per heavy atom. The SMILES string of the molecule is C#CCCNC(=O)CCCCCCCNc1cccc2c1C(=O)N(C1CCC(=O)NC1=O)C2=O. The monoisotopic (exact) mass is 466 g/mol. The molecule has 1 unspecified atom stereocenters. The third-order valence-electron chi connectivity index (χ3n) is 5.96. The van der Waals surface area contributed by atoms with E-state index in [4.69, 9.17) is 6.42 Å². The van der Waals surface area contributed by atoms with Crippen molar-refractivity contribution in [2.45, 2.75) is 63.8 Å². The number of benzene rings is 1. The normalized spacial score (nSPS) is 17.3. The lowest BCUT2D eigenvalue weighted by atomic mass is 10.0. The van der Waals surface area contributed by atoms with Crippen LogP contribution in [0.25, 0.3) is 0 Å². The molecule has 0 radical (unpaired) electrons. The first-order valence-electron chi connectivity index (χ1n) is 11.7. The number of hydrogen-bond donors (Lipinski definition) is 3. The fraction of sp³-hybridized carbons (Fsp3) is 0.480. The summed E-state index contributed by atoms with van der Waals surface area (Å²) in [7, 11) is 0. The highest BCUT2D eigenvalue weighted by Gasteiger charge is 2.45. The van der Waals surface area contributed by atoms with Crippen LogP contribution in [0.2, 0.25) is 0 Å².